The second-order valence-electron chi connectivity index (χ2n) is 4.99. The number of aryl methyl sites for hydroxylation is 1. The minimum Gasteiger partial charge on any atom is -0.388 e. The standard InChI is InChI=1S/C18H22O/c1-3-5-14-6-8-15(9-7-14)16-10-12-17(13-11-16)18(19)4-2/h6-13,18-19H,3-5H2,1-2H3. The number of rotatable bonds is 5. The van der Waals surface area contributed by atoms with Crippen LogP contribution in [0.5, 0.6) is 0 Å². The monoisotopic (exact) mass is 254 g/mol. The van der Waals surface area contributed by atoms with Gasteiger partial charge in [-0.2, -0.15) is 0 Å². The molecule has 19 heavy (non-hydrogen) atoms. The molecular weight excluding hydrogens is 232 g/mol. The number of aliphatic hydroxyl groups excluding tert-OH is 1. The summed E-state index contributed by atoms with van der Waals surface area (Å²) in [7, 11) is 0. The van der Waals surface area contributed by atoms with E-state index in [9.17, 15) is 5.11 Å². The summed E-state index contributed by atoms with van der Waals surface area (Å²) >= 11 is 0. The van der Waals surface area contributed by atoms with Crippen LogP contribution in [0.3, 0.4) is 0 Å². The Balaban J connectivity index is 2.17. The average molecular weight is 254 g/mol. The summed E-state index contributed by atoms with van der Waals surface area (Å²) < 4.78 is 0. The van der Waals surface area contributed by atoms with E-state index in [0.29, 0.717) is 0 Å². The topological polar surface area (TPSA) is 20.2 Å². The largest absolute Gasteiger partial charge is 0.388 e. The molecule has 0 spiro atoms. The maximum Gasteiger partial charge on any atom is 0.0787 e. The van der Waals surface area contributed by atoms with Crippen LogP contribution < -0.4 is 0 Å². The average Bonchev–Trinajstić information content (AvgIpc) is 2.48. The van der Waals surface area contributed by atoms with E-state index in [1.54, 1.807) is 0 Å². The molecule has 0 amide bonds. The first-order valence-electron chi connectivity index (χ1n) is 7.12. The highest BCUT2D eigenvalue weighted by Gasteiger charge is 2.04. The molecule has 0 saturated carbocycles. The second kappa shape index (κ2) is 6.53. The summed E-state index contributed by atoms with van der Waals surface area (Å²) in [6, 6.07) is 17.0. The third-order valence-electron chi connectivity index (χ3n) is 3.51. The molecule has 1 atom stereocenters. The lowest BCUT2D eigenvalue weighted by Crippen LogP contribution is -1.94. The highest BCUT2D eigenvalue weighted by molar-refractivity contribution is 5.64. The zero-order valence-corrected chi connectivity index (χ0v) is 11.8. The van der Waals surface area contributed by atoms with Gasteiger partial charge in [-0.25, -0.2) is 0 Å². The van der Waals surface area contributed by atoms with Gasteiger partial charge in [-0.15, -0.1) is 0 Å². The van der Waals surface area contributed by atoms with E-state index < -0.39 is 0 Å². The Bertz CT molecular complexity index is 496. The third kappa shape index (κ3) is 3.45. The van der Waals surface area contributed by atoms with Crippen LogP contribution in [0.1, 0.15) is 43.9 Å². The van der Waals surface area contributed by atoms with Gasteiger partial charge >= 0.3 is 0 Å². The van der Waals surface area contributed by atoms with Crippen molar-refractivity contribution in [2.75, 3.05) is 0 Å². The summed E-state index contributed by atoms with van der Waals surface area (Å²) in [4.78, 5) is 0. The van der Waals surface area contributed by atoms with Gasteiger partial charge in [0.05, 0.1) is 6.10 Å². The Labute approximate surface area is 115 Å². The van der Waals surface area contributed by atoms with Gasteiger partial charge in [-0.05, 0) is 35.1 Å². The molecule has 0 aliphatic carbocycles. The molecule has 0 fully saturated rings. The van der Waals surface area contributed by atoms with Gasteiger partial charge in [0.2, 0.25) is 0 Å². The van der Waals surface area contributed by atoms with Gasteiger partial charge in [0, 0.05) is 0 Å². The van der Waals surface area contributed by atoms with Crippen molar-refractivity contribution < 1.29 is 5.11 Å². The van der Waals surface area contributed by atoms with E-state index in [2.05, 4.69) is 43.3 Å². The second-order valence-corrected chi connectivity index (χ2v) is 4.99. The van der Waals surface area contributed by atoms with Crippen LogP contribution in [-0.4, -0.2) is 5.11 Å². The summed E-state index contributed by atoms with van der Waals surface area (Å²) in [6.45, 7) is 4.19. The summed E-state index contributed by atoms with van der Waals surface area (Å²) in [5, 5.41) is 9.79. The molecule has 0 saturated heterocycles. The minimum absolute atomic E-state index is 0.346. The lowest BCUT2D eigenvalue weighted by molar-refractivity contribution is 0.173. The van der Waals surface area contributed by atoms with E-state index in [1.807, 2.05) is 19.1 Å². The van der Waals surface area contributed by atoms with Crippen molar-refractivity contribution in [3.05, 3.63) is 59.7 Å². The van der Waals surface area contributed by atoms with Crippen molar-refractivity contribution in [1.82, 2.24) is 0 Å². The summed E-state index contributed by atoms with van der Waals surface area (Å²) in [5.41, 5.74) is 4.82. The van der Waals surface area contributed by atoms with Crippen LogP contribution in [0.25, 0.3) is 11.1 Å². The number of benzene rings is 2. The normalized spacial score (nSPS) is 12.4. The van der Waals surface area contributed by atoms with E-state index in [1.165, 1.54) is 23.1 Å². The molecule has 1 nitrogen and oxygen atoms in total. The highest BCUT2D eigenvalue weighted by Crippen LogP contribution is 2.23. The van der Waals surface area contributed by atoms with E-state index in [0.717, 1.165) is 18.4 Å². The predicted octanol–water partition coefficient (Wildman–Crippen LogP) is 4.75. The molecule has 0 radical (unpaired) electrons. The summed E-state index contributed by atoms with van der Waals surface area (Å²) in [5.74, 6) is 0. The van der Waals surface area contributed by atoms with Crippen molar-refractivity contribution in [2.45, 2.75) is 39.2 Å². The van der Waals surface area contributed by atoms with E-state index in [4.69, 9.17) is 0 Å². The highest BCUT2D eigenvalue weighted by atomic mass is 16.3. The predicted molar refractivity (Wildman–Crippen MR) is 81.1 cm³/mol. The first-order chi connectivity index (χ1) is 9.24. The molecular formula is C18H22O. The molecule has 2 rings (SSSR count). The molecule has 0 heterocycles. The molecule has 0 bridgehead atoms. The van der Waals surface area contributed by atoms with Crippen LogP contribution in [0.2, 0.25) is 0 Å². The van der Waals surface area contributed by atoms with Crippen LogP contribution in [-0.2, 0) is 6.42 Å². The molecule has 0 aromatic heterocycles. The fourth-order valence-corrected chi connectivity index (χ4v) is 2.29. The van der Waals surface area contributed by atoms with Crippen LogP contribution in [0.4, 0.5) is 0 Å². The molecule has 0 aliphatic rings. The molecule has 2 aromatic carbocycles. The van der Waals surface area contributed by atoms with Gasteiger partial charge in [0.1, 0.15) is 0 Å². The Kier molecular flexibility index (Phi) is 4.75. The molecule has 2 aromatic rings. The first kappa shape index (κ1) is 13.8. The first-order valence-corrected chi connectivity index (χ1v) is 7.12. The molecule has 1 unspecified atom stereocenters. The Morgan fingerprint density at radius 2 is 1.37 bits per heavy atom. The van der Waals surface area contributed by atoms with Gasteiger partial charge in [0.15, 0.2) is 0 Å². The van der Waals surface area contributed by atoms with Gasteiger partial charge in [-0.1, -0.05) is 68.8 Å². The van der Waals surface area contributed by atoms with Crippen LogP contribution in [0, 0.1) is 0 Å². The van der Waals surface area contributed by atoms with Gasteiger partial charge in [-0.3, -0.25) is 0 Å². The quantitative estimate of drug-likeness (QED) is 0.816. The van der Waals surface area contributed by atoms with Crippen molar-refractivity contribution in [2.24, 2.45) is 0 Å². The van der Waals surface area contributed by atoms with E-state index >= 15 is 0 Å². The SMILES string of the molecule is CCCc1ccc(-c2ccc(C(O)CC)cc2)cc1. The zero-order chi connectivity index (χ0) is 13.7. The van der Waals surface area contributed by atoms with Crippen molar-refractivity contribution in [1.29, 1.82) is 0 Å². The third-order valence-corrected chi connectivity index (χ3v) is 3.51. The molecule has 100 valence electrons. The number of hydrogen-bond donors (Lipinski definition) is 1. The van der Waals surface area contributed by atoms with E-state index in [-0.39, 0.29) is 6.10 Å². The Morgan fingerprint density at radius 3 is 1.84 bits per heavy atom. The van der Waals surface area contributed by atoms with Crippen molar-refractivity contribution in [3.63, 3.8) is 0 Å². The molecule has 0 aliphatic heterocycles. The number of hydrogen-bond acceptors (Lipinski definition) is 1. The Morgan fingerprint density at radius 1 is 0.842 bits per heavy atom. The van der Waals surface area contributed by atoms with Gasteiger partial charge < -0.3 is 5.11 Å². The molecule has 1 N–H and O–H groups in total. The van der Waals surface area contributed by atoms with Crippen LogP contribution in [0.15, 0.2) is 48.5 Å². The minimum atomic E-state index is -0.346. The van der Waals surface area contributed by atoms with Crippen LogP contribution >= 0.6 is 0 Å². The zero-order valence-electron chi connectivity index (χ0n) is 11.8. The maximum atomic E-state index is 9.79. The lowest BCUT2D eigenvalue weighted by Gasteiger charge is -2.09. The lowest BCUT2D eigenvalue weighted by atomic mass is 9.99. The van der Waals surface area contributed by atoms with Crippen molar-refractivity contribution in [3.8, 4) is 11.1 Å². The fourth-order valence-electron chi connectivity index (χ4n) is 2.29. The Hall–Kier alpha value is -1.60. The summed E-state index contributed by atoms with van der Waals surface area (Å²) in [6.07, 6.45) is 2.73. The fraction of sp³-hybridized carbons (Fsp3) is 0.333. The number of aliphatic hydroxyl groups is 1. The smallest absolute Gasteiger partial charge is 0.0787 e. The van der Waals surface area contributed by atoms with Crippen molar-refractivity contribution >= 4 is 0 Å². The maximum absolute atomic E-state index is 9.79. The molecule has 1 heteroatoms. The van der Waals surface area contributed by atoms with Gasteiger partial charge in [0.25, 0.3) is 0 Å².